The number of carbonyl (C=O) groups excluding carboxylic acids is 2. The summed E-state index contributed by atoms with van der Waals surface area (Å²) >= 11 is 3.32. The largest absolute Gasteiger partial charge is 0.325 e. The third-order valence-corrected chi connectivity index (χ3v) is 4.34. The van der Waals surface area contributed by atoms with Gasteiger partial charge in [0.15, 0.2) is 0 Å². The molecular weight excluding hydrogens is 394 g/mol. The highest BCUT2D eigenvalue weighted by atomic mass is 79.9. The molecule has 0 radical (unpaired) electrons. The Bertz CT molecular complexity index is 835. The minimum atomic E-state index is -0.317. The van der Waals surface area contributed by atoms with Gasteiger partial charge in [0.05, 0.1) is 6.42 Å². The Kier molecular flexibility index (Phi) is 6.69. The second-order valence-electron chi connectivity index (χ2n) is 6.29. The molecule has 2 rings (SSSR count). The van der Waals surface area contributed by atoms with Crippen LogP contribution in [-0.4, -0.2) is 17.5 Å². The molecule has 2 aromatic carbocycles. The molecule has 26 heavy (non-hydrogen) atoms. The molecule has 0 saturated carbocycles. The Hall–Kier alpha value is -2.47. The highest BCUT2D eigenvalue weighted by molar-refractivity contribution is 9.10. The molecule has 6 heteroatoms. The van der Waals surface area contributed by atoms with Gasteiger partial charge < -0.3 is 5.32 Å². The van der Waals surface area contributed by atoms with Crippen LogP contribution in [0.4, 0.5) is 5.69 Å². The number of aryl methyl sites for hydroxylation is 3. The fourth-order valence-corrected chi connectivity index (χ4v) is 2.91. The predicted octanol–water partition coefficient (Wildman–Crippen LogP) is 4.51. The van der Waals surface area contributed by atoms with Crippen LogP contribution in [0.25, 0.3) is 0 Å². The van der Waals surface area contributed by atoms with E-state index in [4.69, 9.17) is 0 Å². The zero-order valence-corrected chi connectivity index (χ0v) is 16.9. The van der Waals surface area contributed by atoms with E-state index in [-0.39, 0.29) is 18.2 Å². The Morgan fingerprint density at radius 3 is 2.19 bits per heavy atom. The van der Waals surface area contributed by atoms with E-state index in [1.54, 1.807) is 31.2 Å². The summed E-state index contributed by atoms with van der Waals surface area (Å²) in [6, 6.07) is 11.0. The summed E-state index contributed by atoms with van der Waals surface area (Å²) in [5, 5.41) is 6.93. The first-order valence-corrected chi connectivity index (χ1v) is 9.02. The van der Waals surface area contributed by atoms with E-state index in [9.17, 15) is 9.59 Å². The second kappa shape index (κ2) is 8.76. The fraction of sp³-hybridized carbons (Fsp3) is 0.250. The van der Waals surface area contributed by atoms with Gasteiger partial charge in [0, 0.05) is 21.4 Å². The maximum atomic E-state index is 12.3. The third kappa shape index (κ3) is 5.52. The van der Waals surface area contributed by atoms with Gasteiger partial charge in [-0.05, 0) is 63.1 Å². The van der Waals surface area contributed by atoms with Crippen LogP contribution < -0.4 is 10.7 Å². The lowest BCUT2D eigenvalue weighted by molar-refractivity contribution is -0.115. The number of nitrogens with one attached hydrogen (secondary N) is 2. The SMILES string of the molecule is C/C(CC(=O)Nc1c(C)cc(C)cc1C)=N\NC(=O)c1ccc(Br)cc1. The zero-order chi connectivity index (χ0) is 19.3. The first-order chi connectivity index (χ1) is 12.3. The van der Waals surface area contributed by atoms with E-state index in [2.05, 4.69) is 31.8 Å². The van der Waals surface area contributed by atoms with Crippen LogP contribution in [0.2, 0.25) is 0 Å². The maximum Gasteiger partial charge on any atom is 0.271 e. The van der Waals surface area contributed by atoms with Gasteiger partial charge in [-0.1, -0.05) is 33.6 Å². The highest BCUT2D eigenvalue weighted by Gasteiger charge is 2.10. The molecule has 136 valence electrons. The molecule has 0 unspecified atom stereocenters. The van der Waals surface area contributed by atoms with Crippen molar-refractivity contribution in [3.63, 3.8) is 0 Å². The molecule has 2 N–H and O–H groups in total. The number of amides is 2. The molecule has 0 atom stereocenters. The third-order valence-electron chi connectivity index (χ3n) is 3.81. The van der Waals surface area contributed by atoms with E-state index in [0.29, 0.717) is 11.3 Å². The fourth-order valence-electron chi connectivity index (χ4n) is 2.64. The van der Waals surface area contributed by atoms with E-state index >= 15 is 0 Å². The van der Waals surface area contributed by atoms with Gasteiger partial charge in [-0.25, -0.2) is 5.43 Å². The number of hydrazone groups is 1. The zero-order valence-electron chi connectivity index (χ0n) is 15.3. The van der Waals surface area contributed by atoms with Gasteiger partial charge >= 0.3 is 0 Å². The van der Waals surface area contributed by atoms with Gasteiger partial charge in [-0.2, -0.15) is 5.10 Å². The average Bonchev–Trinajstić information content (AvgIpc) is 2.56. The van der Waals surface area contributed by atoms with Crippen molar-refractivity contribution in [2.24, 2.45) is 5.10 Å². The number of halogens is 1. The van der Waals surface area contributed by atoms with Crippen LogP contribution in [0.5, 0.6) is 0 Å². The van der Waals surface area contributed by atoms with Gasteiger partial charge in [0.1, 0.15) is 0 Å². The molecule has 0 aromatic heterocycles. The van der Waals surface area contributed by atoms with E-state index in [1.807, 2.05) is 32.9 Å². The monoisotopic (exact) mass is 415 g/mol. The van der Waals surface area contributed by atoms with Crippen molar-refractivity contribution in [1.82, 2.24) is 5.43 Å². The summed E-state index contributed by atoms with van der Waals surface area (Å²) in [7, 11) is 0. The number of benzene rings is 2. The number of hydrogen-bond acceptors (Lipinski definition) is 3. The summed E-state index contributed by atoms with van der Waals surface area (Å²) in [6.07, 6.45) is 0.105. The summed E-state index contributed by atoms with van der Waals surface area (Å²) in [4.78, 5) is 24.3. The van der Waals surface area contributed by atoms with Crippen LogP contribution in [0.3, 0.4) is 0 Å². The van der Waals surface area contributed by atoms with Crippen molar-refractivity contribution in [3.8, 4) is 0 Å². The smallest absolute Gasteiger partial charge is 0.271 e. The number of hydrogen-bond donors (Lipinski definition) is 2. The van der Waals surface area contributed by atoms with E-state index < -0.39 is 0 Å². The predicted molar refractivity (Wildman–Crippen MR) is 109 cm³/mol. The molecule has 0 fully saturated rings. The molecule has 5 nitrogen and oxygen atoms in total. The van der Waals surface area contributed by atoms with Gasteiger partial charge in [0.2, 0.25) is 5.91 Å². The van der Waals surface area contributed by atoms with Crippen molar-refractivity contribution >= 4 is 39.1 Å². The van der Waals surface area contributed by atoms with E-state index in [1.165, 1.54) is 0 Å². The van der Waals surface area contributed by atoms with Crippen LogP contribution in [0.15, 0.2) is 46.0 Å². The number of anilines is 1. The Morgan fingerprint density at radius 2 is 1.62 bits per heavy atom. The van der Waals surface area contributed by atoms with Gasteiger partial charge in [-0.3, -0.25) is 9.59 Å². The Labute approximate surface area is 162 Å². The number of carbonyl (C=O) groups is 2. The molecule has 0 saturated heterocycles. The first kappa shape index (κ1) is 19.8. The summed E-state index contributed by atoms with van der Waals surface area (Å²) in [5.74, 6) is -0.485. The van der Waals surface area contributed by atoms with Gasteiger partial charge in [0.25, 0.3) is 5.91 Å². The lowest BCUT2D eigenvalue weighted by Gasteiger charge is -2.12. The molecule has 0 bridgehead atoms. The Morgan fingerprint density at radius 1 is 1.04 bits per heavy atom. The Balaban J connectivity index is 1.95. The maximum absolute atomic E-state index is 12.3. The topological polar surface area (TPSA) is 70.6 Å². The number of nitrogens with zero attached hydrogens (tertiary/aromatic N) is 1. The summed E-state index contributed by atoms with van der Waals surface area (Å²) in [5.41, 5.74) is 7.52. The van der Waals surface area contributed by atoms with Crippen molar-refractivity contribution in [2.45, 2.75) is 34.1 Å². The standard InChI is InChI=1S/C20H22BrN3O2/c1-12-9-13(2)19(14(3)10-12)22-18(25)11-15(4)23-24-20(26)16-5-7-17(21)8-6-16/h5-10H,11H2,1-4H3,(H,22,25)(H,24,26)/b23-15+. The van der Waals surface area contributed by atoms with Crippen LogP contribution in [0, 0.1) is 20.8 Å². The van der Waals surface area contributed by atoms with Crippen molar-refractivity contribution in [1.29, 1.82) is 0 Å². The van der Waals surface area contributed by atoms with E-state index in [0.717, 1.165) is 26.9 Å². The second-order valence-corrected chi connectivity index (χ2v) is 7.21. The normalized spacial score (nSPS) is 11.2. The molecule has 0 aliphatic heterocycles. The average molecular weight is 416 g/mol. The first-order valence-electron chi connectivity index (χ1n) is 8.23. The molecule has 2 amide bonds. The minimum absolute atomic E-state index is 0.105. The molecule has 0 aliphatic carbocycles. The summed E-state index contributed by atoms with van der Waals surface area (Å²) in [6.45, 7) is 7.66. The molecule has 0 aliphatic rings. The quantitative estimate of drug-likeness (QED) is 0.556. The van der Waals surface area contributed by atoms with Crippen LogP contribution >= 0.6 is 15.9 Å². The minimum Gasteiger partial charge on any atom is -0.325 e. The summed E-state index contributed by atoms with van der Waals surface area (Å²) < 4.78 is 0.895. The lowest BCUT2D eigenvalue weighted by atomic mass is 10.0. The number of rotatable bonds is 5. The molecule has 2 aromatic rings. The van der Waals surface area contributed by atoms with Crippen molar-refractivity contribution in [2.75, 3.05) is 5.32 Å². The van der Waals surface area contributed by atoms with Crippen molar-refractivity contribution < 1.29 is 9.59 Å². The lowest BCUT2D eigenvalue weighted by Crippen LogP contribution is -2.21. The van der Waals surface area contributed by atoms with Crippen molar-refractivity contribution in [3.05, 3.63) is 63.1 Å². The van der Waals surface area contributed by atoms with Crippen LogP contribution in [0.1, 0.15) is 40.4 Å². The van der Waals surface area contributed by atoms with Crippen LogP contribution in [-0.2, 0) is 4.79 Å². The van der Waals surface area contributed by atoms with Gasteiger partial charge in [-0.15, -0.1) is 0 Å². The molecule has 0 heterocycles. The highest BCUT2D eigenvalue weighted by Crippen LogP contribution is 2.22. The molecule has 0 spiro atoms. The molecular formula is C20H22BrN3O2.